The van der Waals surface area contributed by atoms with Crippen LogP contribution < -0.4 is 0 Å². The number of aliphatic carboxylic acids is 1. The van der Waals surface area contributed by atoms with Gasteiger partial charge in [0.25, 0.3) is 0 Å². The maximum atomic E-state index is 11.0. The van der Waals surface area contributed by atoms with Gasteiger partial charge in [-0.3, -0.25) is 4.79 Å². The molecule has 2 atom stereocenters. The van der Waals surface area contributed by atoms with Crippen LogP contribution in [0.1, 0.15) is 23.9 Å². The molecule has 2 unspecified atom stereocenters. The smallest absolute Gasteiger partial charge is 0.307 e. The van der Waals surface area contributed by atoms with Crippen molar-refractivity contribution >= 4 is 21.9 Å². The van der Waals surface area contributed by atoms with Crippen LogP contribution in [-0.4, -0.2) is 21.0 Å². The second-order valence-corrected chi connectivity index (χ2v) is 5.87. The molecule has 1 heterocycles. The molecule has 0 amide bonds. The van der Waals surface area contributed by atoms with Gasteiger partial charge in [0.1, 0.15) is 5.82 Å². The van der Waals surface area contributed by atoms with Crippen molar-refractivity contribution in [3.63, 3.8) is 0 Å². The third-order valence-electron chi connectivity index (χ3n) is 3.46. The summed E-state index contributed by atoms with van der Waals surface area (Å²) in [7, 11) is 0. The Morgan fingerprint density at radius 3 is 2.75 bits per heavy atom. The molecule has 5 heteroatoms. The molecule has 1 aromatic heterocycles. The largest absolute Gasteiger partial charge is 0.481 e. The minimum atomic E-state index is -0.762. The van der Waals surface area contributed by atoms with E-state index in [9.17, 15) is 4.79 Å². The Hall–Kier alpha value is -1.75. The fourth-order valence-electron chi connectivity index (χ4n) is 2.32. The van der Waals surface area contributed by atoms with Crippen molar-refractivity contribution in [2.75, 3.05) is 0 Å². The average Bonchev–Trinajstić information content (AvgIpc) is 3.19. The van der Waals surface area contributed by atoms with Gasteiger partial charge in [-0.1, -0.05) is 34.1 Å². The first-order valence-electron chi connectivity index (χ1n) is 6.39. The number of hydrogen-bond donors (Lipinski definition) is 1. The van der Waals surface area contributed by atoms with E-state index in [1.807, 2.05) is 37.3 Å². The van der Waals surface area contributed by atoms with Crippen LogP contribution in [0.4, 0.5) is 0 Å². The lowest BCUT2D eigenvalue weighted by Gasteiger charge is -2.07. The van der Waals surface area contributed by atoms with E-state index in [0.717, 1.165) is 21.4 Å². The fraction of sp³-hybridized carbons (Fsp3) is 0.267. The molecule has 1 fully saturated rings. The van der Waals surface area contributed by atoms with Gasteiger partial charge < -0.3 is 5.11 Å². The van der Waals surface area contributed by atoms with Gasteiger partial charge in [0.05, 0.1) is 11.6 Å². The third kappa shape index (κ3) is 2.45. The normalized spacial score (nSPS) is 20.7. The monoisotopic (exact) mass is 332 g/mol. The van der Waals surface area contributed by atoms with Gasteiger partial charge in [-0.2, -0.15) is 0 Å². The van der Waals surface area contributed by atoms with Crippen molar-refractivity contribution in [2.24, 2.45) is 5.92 Å². The molecule has 1 N–H and O–H groups in total. The number of carbonyl (C=O) groups is 1. The van der Waals surface area contributed by atoms with Gasteiger partial charge in [0, 0.05) is 21.6 Å². The summed E-state index contributed by atoms with van der Waals surface area (Å²) in [6.45, 7) is 1.91. The van der Waals surface area contributed by atoms with Crippen molar-refractivity contribution in [1.29, 1.82) is 0 Å². The van der Waals surface area contributed by atoms with Crippen LogP contribution in [0.15, 0.2) is 34.8 Å². The Morgan fingerprint density at radius 2 is 2.10 bits per heavy atom. The predicted molar refractivity (Wildman–Crippen MR) is 78.4 cm³/mol. The van der Waals surface area contributed by atoms with Crippen LogP contribution >= 0.6 is 15.9 Å². The number of aromatic nitrogens is 2. The van der Waals surface area contributed by atoms with E-state index < -0.39 is 5.97 Å². The summed E-state index contributed by atoms with van der Waals surface area (Å²) >= 11 is 3.52. The lowest BCUT2D eigenvalue weighted by molar-refractivity contribution is -0.138. The molecule has 1 saturated carbocycles. The van der Waals surface area contributed by atoms with E-state index in [-0.39, 0.29) is 11.8 Å². The zero-order valence-corrected chi connectivity index (χ0v) is 12.5. The Bertz CT molecular complexity index is 687. The molecule has 0 radical (unpaired) electrons. The number of nitrogens with zero attached hydrogens (tertiary/aromatic N) is 2. The molecule has 1 aromatic carbocycles. The maximum Gasteiger partial charge on any atom is 0.307 e. The first-order chi connectivity index (χ1) is 9.56. The first kappa shape index (κ1) is 13.2. The summed E-state index contributed by atoms with van der Waals surface area (Å²) in [5.74, 6) is -0.497. The van der Waals surface area contributed by atoms with Crippen LogP contribution in [0.5, 0.6) is 0 Å². The third-order valence-corrected chi connectivity index (χ3v) is 4.15. The highest BCUT2D eigenvalue weighted by molar-refractivity contribution is 9.10. The van der Waals surface area contributed by atoms with E-state index in [1.165, 1.54) is 0 Å². The molecule has 102 valence electrons. The summed E-state index contributed by atoms with van der Waals surface area (Å²) in [6.07, 6.45) is 0.633. The highest BCUT2D eigenvalue weighted by atomic mass is 79.9. The molecule has 0 bridgehead atoms. The van der Waals surface area contributed by atoms with E-state index in [4.69, 9.17) is 5.11 Å². The minimum absolute atomic E-state index is 0.0476. The average molecular weight is 333 g/mol. The van der Waals surface area contributed by atoms with E-state index >= 15 is 0 Å². The van der Waals surface area contributed by atoms with Crippen LogP contribution in [0, 0.1) is 12.8 Å². The molecule has 0 saturated heterocycles. The Labute approximate surface area is 125 Å². The fourth-order valence-corrected chi connectivity index (χ4v) is 2.81. The van der Waals surface area contributed by atoms with Crippen LogP contribution in [-0.2, 0) is 4.79 Å². The zero-order chi connectivity index (χ0) is 14.3. The second kappa shape index (κ2) is 4.98. The van der Waals surface area contributed by atoms with Crippen LogP contribution in [0.2, 0.25) is 0 Å². The van der Waals surface area contributed by atoms with Crippen molar-refractivity contribution in [3.05, 3.63) is 46.3 Å². The van der Waals surface area contributed by atoms with E-state index in [2.05, 4.69) is 25.9 Å². The lowest BCUT2D eigenvalue weighted by Crippen LogP contribution is -2.03. The Balaban J connectivity index is 2.00. The summed E-state index contributed by atoms with van der Waals surface area (Å²) in [5, 5.41) is 9.02. The number of carboxylic acids is 1. The number of aryl methyl sites for hydroxylation is 1. The van der Waals surface area contributed by atoms with Gasteiger partial charge in [0.15, 0.2) is 0 Å². The van der Waals surface area contributed by atoms with Crippen molar-refractivity contribution in [3.8, 4) is 11.3 Å². The highest BCUT2D eigenvalue weighted by Gasteiger charge is 2.46. The lowest BCUT2D eigenvalue weighted by atomic mass is 10.1. The molecule has 0 aliphatic heterocycles. The zero-order valence-electron chi connectivity index (χ0n) is 10.9. The Morgan fingerprint density at radius 1 is 1.35 bits per heavy atom. The van der Waals surface area contributed by atoms with Crippen molar-refractivity contribution in [2.45, 2.75) is 19.3 Å². The topological polar surface area (TPSA) is 63.1 Å². The highest BCUT2D eigenvalue weighted by Crippen LogP contribution is 2.46. The first-order valence-corrected chi connectivity index (χ1v) is 7.19. The molecular weight excluding hydrogens is 320 g/mol. The van der Waals surface area contributed by atoms with Crippen LogP contribution in [0.3, 0.4) is 0 Å². The number of benzene rings is 1. The standard InChI is InChI=1S/C15H13BrN2O2/c1-8-6-13(9-4-2-3-5-12(9)16)18-14(17-8)10-7-11(10)15(19)20/h2-6,10-11H,7H2,1H3,(H,19,20). The molecule has 3 rings (SSSR count). The number of hydrogen-bond acceptors (Lipinski definition) is 3. The minimum Gasteiger partial charge on any atom is -0.481 e. The van der Waals surface area contributed by atoms with Gasteiger partial charge in [-0.05, 0) is 25.5 Å². The molecule has 4 nitrogen and oxygen atoms in total. The summed E-state index contributed by atoms with van der Waals surface area (Å²) in [4.78, 5) is 19.9. The van der Waals surface area contributed by atoms with Gasteiger partial charge in [-0.25, -0.2) is 9.97 Å². The van der Waals surface area contributed by atoms with E-state index in [1.54, 1.807) is 0 Å². The number of carboxylic acid groups (broad SMARTS) is 1. The molecule has 20 heavy (non-hydrogen) atoms. The molecule has 2 aromatic rings. The predicted octanol–water partition coefficient (Wildman–Crippen LogP) is 3.40. The quantitative estimate of drug-likeness (QED) is 0.935. The van der Waals surface area contributed by atoms with Crippen molar-refractivity contribution < 1.29 is 9.90 Å². The Kier molecular flexibility index (Phi) is 3.30. The molecule has 0 spiro atoms. The molecule has 1 aliphatic carbocycles. The SMILES string of the molecule is Cc1cc(-c2ccccc2Br)nc(C2CC2C(=O)O)n1. The van der Waals surface area contributed by atoms with Gasteiger partial charge in [0.2, 0.25) is 0 Å². The summed E-state index contributed by atoms with van der Waals surface area (Å²) < 4.78 is 0.967. The number of rotatable bonds is 3. The molecule has 1 aliphatic rings. The number of halogens is 1. The summed E-state index contributed by atoms with van der Waals surface area (Å²) in [6, 6.07) is 9.76. The van der Waals surface area contributed by atoms with Gasteiger partial charge in [-0.15, -0.1) is 0 Å². The summed E-state index contributed by atoms with van der Waals surface area (Å²) in [5.41, 5.74) is 2.68. The van der Waals surface area contributed by atoms with Crippen molar-refractivity contribution in [1.82, 2.24) is 9.97 Å². The molecular formula is C15H13BrN2O2. The van der Waals surface area contributed by atoms with Gasteiger partial charge >= 0.3 is 5.97 Å². The second-order valence-electron chi connectivity index (χ2n) is 5.02. The maximum absolute atomic E-state index is 11.0. The van der Waals surface area contributed by atoms with Crippen LogP contribution in [0.25, 0.3) is 11.3 Å². The van der Waals surface area contributed by atoms with E-state index in [0.29, 0.717) is 12.2 Å².